The summed E-state index contributed by atoms with van der Waals surface area (Å²) in [5.74, 6) is -0.0234. The first-order chi connectivity index (χ1) is 9.20. The second kappa shape index (κ2) is 9.70. The summed E-state index contributed by atoms with van der Waals surface area (Å²) in [7, 11) is 0. The molecular formula is C16H26FIN+. The molecule has 0 amide bonds. The molecule has 0 heterocycles. The maximum absolute atomic E-state index is 14.2. The lowest BCUT2D eigenvalue weighted by Gasteiger charge is -2.19. The van der Waals surface area contributed by atoms with Crippen molar-refractivity contribution in [2.45, 2.75) is 52.4 Å². The highest BCUT2D eigenvalue weighted by Crippen LogP contribution is 2.16. The molecule has 3 heteroatoms. The summed E-state index contributed by atoms with van der Waals surface area (Å²) in [6.07, 6.45) is 7.32. The van der Waals surface area contributed by atoms with Crippen molar-refractivity contribution >= 4 is 28.3 Å². The van der Waals surface area contributed by atoms with E-state index in [1.54, 1.807) is 0 Å². The largest absolute Gasteiger partial charge is 0.300 e. The quantitative estimate of drug-likeness (QED) is 0.482. The second-order valence-corrected chi connectivity index (χ2v) is 6.28. The predicted molar refractivity (Wildman–Crippen MR) is 88.5 cm³/mol. The molecule has 19 heavy (non-hydrogen) atoms. The Hall–Kier alpha value is -0.160. The monoisotopic (exact) mass is 378 g/mol. The maximum atomic E-state index is 14.2. The Kier molecular flexibility index (Phi) is 8.62. The zero-order chi connectivity index (χ0) is 14.1. The van der Waals surface area contributed by atoms with Crippen LogP contribution in [0, 0.1) is 9.39 Å². The van der Waals surface area contributed by atoms with Crippen molar-refractivity contribution in [3.05, 3.63) is 27.6 Å². The van der Waals surface area contributed by atoms with Crippen molar-refractivity contribution < 1.29 is 9.29 Å². The lowest BCUT2D eigenvalue weighted by atomic mass is 10.1. The molecule has 1 aromatic carbocycles. The molecule has 0 saturated heterocycles. The highest BCUT2D eigenvalue weighted by Gasteiger charge is 2.18. The van der Waals surface area contributed by atoms with E-state index in [1.807, 2.05) is 18.2 Å². The van der Waals surface area contributed by atoms with E-state index in [2.05, 4.69) is 36.4 Å². The molecule has 108 valence electrons. The third kappa shape index (κ3) is 5.78. The average molecular weight is 378 g/mol. The van der Waals surface area contributed by atoms with E-state index in [4.69, 9.17) is 0 Å². The summed E-state index contributed by atoms with van der Waals surface area (Å²) >= 11 is 2.08. The number of nitrogens with one attached hydrogen (secondary N) is 1. The molecule has 1 atom stereocenters. The molecule has 0 fully saturated rings. The highest BCUT2D eigenvalue weighted by atomic mass is 127. The van der Waals surface area contributed by atoms with Gasteiger partial charge < -0.3 is 0 Å². The number of hydrogen-bond donors (Lipinski definition) is 1. The minimum absolute atomic E-state index is 0.0234. The zero-order valence-electron chi connectivity index (χ0n) is 12.1. The van der Waals surface area contributed by atoms with E-state index in [-0.39, 0.29) is 5.82 Å². The second-order valence-electron chi connectivity index (χ2n) is 5.12. The fourth-order valence-electron chi connectivity index (χ4n) is 2.33. The Balaban J connectivity index is 2.69. The molecule has 1 rings (SSSR count). The number of quaternary nitrogens is 1. The minimum Gasteiger partial charge on any atom is -0.300 e. The van der Waals surface area contributed by atoms with E-state index in [9.17, 15) is 4.39 Å². The maximum Gasteiger partial charge on any atom is 0.197 e. The first kappa shape index (κ1) is 16.9. The number of rotatable bonds is 9. The van der Waals surface area contributed by atoms with Crippen molar-refractivity contribution in [1.82, 2.24) is 0 Å². The molecule has 0 saturated carbocycles. The molecule has 0 aliphatic heterocycles. The molecule has 0 aliphatic carbocycles. The van der Waals surface area contributed by atoms with Gasteiger partial charge in [0.1, 0.15) is 0 Å². The Morgan fingerprint density at radius 1 is 1.00 bits per heavy atom. The lowest BCUT2D eigenvalue weighted by molar-refractivity contribution is -0.834. The van der Waals surface area contributed by atoms with Crippen LogP contribution in [0.4, 0.5) is 10.1 Å². The third-order valence-corrected chi connectivity index (χ3v) is 4.33. The Morgan fingerprint density at radius 2 is 1.68 bits per heavy atom. The molecule has 0 radical (unpaired) electrons. The topological polar surface area (TPSA) is 4.44 Å². The Bertz CT molecular complexity index is 368. The Labute approximate surface area is 130 Å². The van der Waals surface area contributed by atoms with Gasteiger partial charge in [-0.15, -0.1) is 0 Å². The van der Waals surface area contributed by atoms with Gasteiger partial charge in [0.25, 0.3) is 0 Å². The minimum atomic E-state index is -0.0234. The van der Waals surface area contributed by atoms with Gasteiger partial charge in [-0.25, -0.2) is 0 Å². The highest BCUT2D eigenvalue weighted by molar-refractivity contribution is 14.1. The third-order valence-electron chi connectivity index (χ3n) is 3.50. The van der Waals surface area contributed by atoms with Crippen molar-refractivity contribution in [2.75, 3.05) is 13.1 Å². The molecule has 0 aromatic heterocycles. The molecule has 0 spiro atoms. The zero-order valence-corrected chi connectivity index (χ0v) is 14.3. The van der Waals surface area contributed by atoms with Gasteiger partial charge >= 0.3 is 0 Å². The van der Waals surface area contributed by atoms with Gasteiger partial charge in [-0.3, -0.25) is 4.90 Å². The van der Waals surface area contributed by atoms with Crippen LogP contribution in [0.3, 0.4) is 0 Å². The summed E-state index contributed by atoms with van der Waals surface area (Å²) in [4.78, 5) is 1.31. The van der Waals surface area contributed by atoms with Crippen LogP contribution in [-0.4, -0.2) is 13.1 Å². The van der Waals surface area contributed by atoms with Gasteiger partial charge in [-0.2, -0.15) is 4.39 Å². The standard InChI is InChI=1S/C16H25FIN/c1-3-5-7-8-13-19(12-6-4-2)15-11-9-10-14(18)16(15)17/h9-11H,3-8,12-13H2,1-2H3/p+1. The van der Waals surface area contributed by atoms with Crippen molar-refractivity contribution in [1.29, 1.82) is 0 Å². The van der Waals surface area contributed by atoms with Gasteiger partial charge in [0.2, 0.25) is 0 Å². The normalized spacial score (nSPS) is 12.6. The van der Waals surface area contributed by atoms with Crippen LogP contribution < -0.4 is 4.90 Å². The molecule has 0 aliphatic rings. The van der Waals surface area contributed by atoms with Gasteiger partial charge in [-0.1, -0.05) is 39.2 Å². The van der Waals surface area contributed by atoms with Crippen LogP contribution >= 0.6 is 22.6 Å². The molecule has 1 nitrogen and oxygen atoms in total. The van der Waals surface area contributed by atoms with Crippen LogP contribution in [0.5, 0.6) is 0 Å². The van der Waals surface area contributed by atoms with Crippen LogP contribution in [0.15, 0.2) is 18.2 Å². The SMILES string of the molecule is CCCCCC[NH+](CCCC)c1cccc(I)c1F. The van der Waals surface area contributed by atoms with Crippen molar-refractivity contribution in [3.63, 3.8) is 0 Å². The van der Waals surface area contributed by atoms with E-state index in [0.29, 0.717) is 0 Å². The molecule has 1 N–H and O–H groups in total. The lowest BCUT2D eigenvalue weighted by Crippen LogP contribution is -3.07. The van der Waals surface area contributed by atoms with Crippen LogP contribution in [0.25, 0.3) is 0 Å². The average Bonchev–Trinajstić information content (AvgIpc) is 2.42. The molecule has 0 bridgehead atoms. The van der Waals surface area contributed by atoms with E-state index in [1.165, 1.54) is 37.0 Å². The van der Waals surface area contributed by atoms with Gasteiger partial charge in [0.15, 0.2) is 11.5 Å². The fraction of sp³-hybridized carbons (Fsp3) is 0.625. The number of benzene rings is 1. The predicted octanol–water partition coefficient (Wildman–Crippen LogP) is 4.33. The molecule has 1 aromatic rings. The van der Waals surface area contributed by atoms with E-state index in [0.717, 1.165) is 28.8 Å². The Morgan fingerprint density at radius 3 is 2.37 bits per heavy atom. The van der Waals surface area contributed by atoms with Crippen LogP contribution in [0.2, 0.25) is 0 Å². The van der Waals surface area contributed by atoms with Crippen molar-refractivity contribution in [2.24, 2.45) is 0 Å². The van der Waals surface area contributed by atoms with Crippen LogP contribution in [0.1, 0.15) is 52.4 Å². The summed E-state index contributed by atoms with van der Waals surface area (Å²) in [5, 5.41) is 0. The van der Waals surface area contributed by atoms with Crippen LogP contribution in [-0.2, 0) is 0 Å². The number of unbranched alkanes of at least 4 members (excludes halogenated alkanes) is 4. The molecule has 1 unspecified atom stereocenters. The van der Waals surface area contributed by atoms with Gasteiger partial charge in [0, 0.05) is 6.07 Å². The summed E-state index contributed by atoms with van der Waals surface area (Å²) in [5.41, 5.74) is 0.858. The summed E-state index contributed by atoms with van der Waals surface area (Å²) in [6, 6.07) is 5.76. The van der Waals surface area contributed by atoms with E-state index >= 15 is 0 Å². The summed E-state index contributed by atoms with van der Waals surface area (Å²) < 4.78 is 15.0. The molecular weight excluding hydrogens is 352 g/mol. The first-order valence-electron chi connectivity index (χ1n) is 7.49. The summed E-state index contributed by atoms with van der Waals surface area (Å²) in [6.45, 7) is 6.51. The van der Waals surface area contributed by atoms with Crippen molar-refractivity contribution in [3.8, 4) is 0 Å². The van der Waals surface area contributed by atoms with Gasteiger partial charge in [0.05, 0.1) is 16.7 Å². The fourth-order valence-corrected chi connectivity index (χ4v) is 2.82. The number of halogens is 2. The van der Waals surface area contributed by atoms with Gasteiger partial charge in [-0.05, 0) is 47.9 Å². The smallest absolute Gasteiger partial charge is 0.197 e. The van der Waals surface area contributed by atoms with E-state index < -0.39 is 0 Å². The number of hydrogen-bond acceptors (Lipinski definition) is 0. The first-order valence-corrected chi connectivity index (χ1v) is 8.57.